The zero-order valence-corrected chi connectivity index (χ0v) is 20.6. The Hall–Kier alpha value is -4.31. The van der Waals surface area contributed by atoms with Crippen molar-refractivity contribution in [2.75, 3.05) is 17.2 Å². The largest absolute Gasteiger partial charge is 0.462 e. The van der Waals surface area contributed by atoms with Crippen molar-refractivity contribution in [1.82, 2.24) is 9.38 Å². The Balaban J connectivity index is 1.63. The molecule has 2 aromatic carbocycles. The predicted octanol–water partition coefficient (Wildman–Crippen LogP) is 4.53. The molecule has 0 aliphatic rings. The van der Waals surface area contributed by atoms with E-state index in [4.69, 9.17) is 4.74 Å². The van der Waals surface area contributed by atoms with Gasteiger partial charge in [0.05, 0.1) is 12.2 Å². The Morgan fingerprint density at radius 1 is 0.972 bits per heavy atom. The second kappa shape index (κ2) is 11.0. The minimum Gasteiger partial charge on any atom is -0.462 e. The highest BCUT2D eigenvalue weighted by molar-refractivity contribution is 7.19. The molecule has 184 valence electrons. The van der Waals surface area contributed by atoms with Crippen molar-refractivity contribution >= 4 is 45.5 Å². The molecule has 0 aliphatic carbocycles. The quantitative estimate of drug-likeness (QED) is 0.269. The molecule has 2 amide bonds. The number of hydrogen-bond donors (Lipinski definition) is 2. The molecule has 0 aliphatic heterocycles. The maximum absolute atomic E-state index is 13.3. The second-order valence-electron chi connectivity index (χ2n) is 7.97. The summed E-state index contributed by atoms with van der Waals surface area (Å²) in [5.74, 6) is -1.65. The van der Waals surface area contributed by atoms with E-state index in [1.54, 1.807) is 43.3 Å². The van der Waals surface area contributed by atoms with Gasteiger partial charge in [-0.25, -0.2) is 14.2 Å². The number of anilines is 2. The number of fused-ring (bicyclic) bond motifs is 1. The molecule has 0 fully saturated rings. The SMILES string of the molecule is CCCCOC(=O)c1ccc(NC(=O)c2c(C(=O)Nc3ccccc3)sc3nc(C)cc(=O)n23)cc1. The summed E-state index contributed by atoms with van der Waals surface area (Å²) in [5.41, 5.74) is 1.16. The van der Waals surface area contributed by atoms with Crippen molar-refractivity contribution in [3.63, 3.8) is 0 Å². The molecular formula is C26H24N4O5S. The van der Waals surface area contributed by atoms with Gasteiger partial charge in [0.25, 0.3) is 17.4 Å². The van der Waals surface area contributed by atoms with E-state index < -0.39 is 23.3 Å². The lowest BCUT2D eigenvalue weighted by Gasteiger charge is -2.09. The minimum atomic E-state index is -0.662. The highest BCUT2D eigenvalue weighted by Gasteiger charge is 2.26. The molecule has 9 nitrogen and oxygen atoms in total. The van der Waals surface area contributed by atoms with Gasteiger partial charge in [-0.3, -0.25) is 14.4 Å². The number of nitrogens with one attached hydrogen (secondary N) is 2. The van der Waals surface area contributed by atoms with Crippen molar-refractivity contribution in [3.8, 4) is 0 Å². The number of rotatable bonds is 8. The summed E-state index contributed by atoms with van der Waals surface area (Å²) in [7, 11) is 0. The van der Waals surface area contributed by atoms with E-state index in [9.17, 15) is 19.2 Å². The summed E-state index contributed by atoms with van der Waals surface area (Å²) in [6.07, 6.45) is 1.70. The number of amides is 2. The summed E-state index contributed by atoms with van der Waals surface area (Å²) in [6.45, 7) is 4.01. The first-order valence-corrected chi connectivity index (χ1v) is 12.2. The number of carbonyl (C=O) groups is 3. The monoisotopic (exact) mass is 504 g/mol. The Labute approximate surface area is 210 Å². The number of esters is 1. The van der Waals surface area contributed by atoms with Crippen molar-refractivity contribution in [1.29, 1.82) is 0 Å². The number of benzene rings is 2. The zero-order valence-electron chi connectivity index (χ0n) is 19.7. The van der Waals surface area contributed by atoms with Crippen LogP contribution in [0.4, 0.5) is 11.4 Å². The number of aryl methyl sites for hydroxylation is 1. The lowest BCUT2D eigenvalue weighted by atomic mass is 10.2. The zero-order chi connectivity index (χ0) is 25.7. The van der Waals surface area contributed by atoms with Crippen molar-refractivity contribution < 1.29 is 19.1 Å². The fourth-order valence-corrected chi connectivity index (χ4v) is 4.50. The van der Waals surface area contributed by atoms with Crippen LogP contribution in [-0.4, -0.2) is 33.8 Å². The number of carbonyl (C=O) groups excluding carboxylic acids is 3. The van der Waals surface area contributed by atoms with Gasteiger partial charge in [0, 0.05) is 23.1 Å². The van der Waals surface area contributed by atoms with Gasteiger partial charge in [0.15, 0.2) is 4.96 Å². The van der Waals surface area contributed by atoms with Crippen molar-refractivity contribution in [3.05, 3.63) is 92.8 Å². The standard InChI is InChI=1S/C26H24N4O5S/c1-3-4-14-35-25(34)17-10-12-19(13-11-17)28-23(32)21-22(24(33)29-18-8-6-5-7-9-18)36-26-27-16(2)15-20(31)30(21)26/h5-13,15H,3-4,14H2,1-2H3,(H,28,32)(H,29,33). The number of thiazole rings is 1. The van der Waals surface area contributed by atoms with Crippen molar-refractivity contribution in [2.45, 2.75) is 26.7 Å². The van der Waals surface area contributed by atoms with E-state index in [1.807, 2.05) is 13.0 Å². The van der Waals surface area contributed by atoms with Crippen LogP contribution in [0.15, 0.2) is 65.5 Å². The molecule has 0 atom stereocenters. The lowest BCUT2D eigenvalue weighted by molar-refractivity contribution is 0.0499. The predicted molar refractivity (Wildman–Crippen MR) is 138 cm³/mol. The first-order valence-electron chi connectivity index (χ1n) is 11.4. The average Bonchev–Trinajstić information content (AvgIpc) is 3.25. The normalized spacial score (nSPS) is 10.7. The van der Waals surface area contributed by atoms with Crippen LogP contribution in [0.5, 0.6) is 0 Å². The summed E-state index contributed by atoms with van der Waals surface area (Å²) < 4.78 is 6.33. The molecule has 4 rings (SSSR count). The minimum absolute atomic E-state index is 0.0441. The molecule has 2 aromatic heterocycles. The van der Waals surface area contributed by atoms with Gasteiger partial charge < -0.3 is 15.4 Å². The van der Waals surface area contributed by atoms with Gasteiger partial charge in [-0.15, -0.1) is 0 Å². The van der Waals surface area contributed by atoms with E-state index in [2.05, 4.69) is 15.6 Å². The number of aromatic nitrogens is 2. The van der Waals surface area contributed by atoms with E-state index in [-0.39, 0.29) is 15.5 Å². The third-order valence-corrected chi connectivity index (χ3v) is 6.25. The van der Waals surface area contributed by atoms with Crippen LogP contribution < -0.4 is 16.2 Å². The van der Waals surface area contributed by atoms with Gasteiger partial charge in [-0.1, -0.05) is 42.9 Å². The van der Waals surface area contributed by atoms with Gasteiger partial charge in [0.1, 0.15) is 10.6 Å². The van der Waals surface area contributed by atoms with Crippen LogP contribution in [0.3, 0.4) is 0 Å². The maximum Gasteiger partial charge on any atom is 0.338 e. The molecule has 0 bridgehead atoms. The van der Waals surface area contributed by atoms with E-state index in [1.165, 1.54) is 18.2 Å². The van der Waals surface area contributed by atoms with Crippen molar-refractivity contribution in [2.24, 2.45) is 0 Å². The lowest BCUT2D eigenvalue weighted by Crippen LogP contribution is -2.25. The Kier molecular flexibility index (Phi) is 7.55. The van der Waals surface area contributed by atoms with Gasteiger partial charge in [0.2, 0.25) is 0 Å². The molecule has 2 N–H and O–H groups in total. The Bertz CT molecular complexity index is 1480. The first-order chi connectivity index (χ1) is 17.4. The van der Waals surface area contributed by atoms with E-state index in [0.29, 0.717) is 29.2 Å². The van der Waals surface area contributed by atoms with E-state index >= 15 is 0 Å². The first kappa shape index (κ1) is 24.8. The maximum atomic E-state index is 13.3. The molecule has 36 heavy (non-hydrogen) atoms. The molecule has 10 heteroatoms. The highest BCUT2D eigenvalue weighted by Crippen LogP contribution is 2.24. The summed E-state index contributed by atoms with van der Waals surface area (Å²) in [5, 5.41) is 5.45. The number of para-hydroxylation sites is 1. The summed E-state index contributed by atoms with van der Waals surface area (Å²) in [6, 6.07) is 16.3. The van der Waals surface area contributed by atoms with Gasteiger partial charge in [-0.05, 0) is 49.7 Å². The second-order valence-corrected chi connectivity index (χ2v) is 8.95. The molecule has 0 saturated heterocycles. The van der Waals surface area contributed by atoms with Crippen LogP contribution in [0.1, 0.15) is 56.0 Å². The number of unbranched alkanes of at least 4 members (excludes halogenated alkanes) is 1. The number of hydrogen-bond acceptors (Lipinski definition) is 7. The molecule has 0 unspecified atom stereocenters. The van der Waals surface area contributed by atoms with Crippen LogP contribution >= 0.6 is 11.3 Å². The molecule has 0 radical (unpaired) electrons. The fourth-order valence-electron chi connectivity index (χ4n) is 3.43. The molecule has 0 spiro atoms. The van der Waals surface area contributed by atoms with E-state index in [0.717, 1.165) is 28.6 Å². The number of nitrogens with zero attached hydrogens (tertiary/aromatic N) is 2. The van der Waals surface area contributed by atoms with Gasteiger partial charge in [-0.2, -0.15) is 0 Å². The molecular weight excluding hydrogens is 480 g/mol. The Morgan fingerprint density at radius 3 is 2.33 bits per heavy atom. The third kappa shape index (κ3) is 5.49. The third-order valence-electron chi connectivity index (χ3n) is 5.21. The topological polar surface area (TPSA) is 119 Å². The van der Waals surface area contributed by atoms with Crippen LogP contribution in [0.25, 0.3) is 4.96 Å². The van der Waals surface area contributed by atoms with Crippen LogP contribution in [0.2, 0.25) is 0 Å². The highest BCUT2D eigenvalue weighted by atomic mass is 32.1. The molecule has 4 aromatic rings. The Morgan fingerprint density at radius 2 is 1.64 bits per heavy atom. The number of ether oxygens (including phenoxy) is 1. The summed E-state index contributed by atoms with van der Waals surface area (Å²) >= 11 is 0.952. The summed E-state index contributed by atoms with van der Waals surface area (Å²) in [4.78, 5) is 55.9. The van der Waals surface area contributed by atoms with Crippen LogP contribution in [0, 0.1) is 6.92 Å². The van der Waals surface area contributed by atoms with Gasteiger partial charge >= 0.3 is 5.97 Å². The molecule has 2 heterocycles. The molecule has 0 saturated carbocycles. The smallest absolute Gasteiger partial charge is 0.338 e. The van der Waals surface area contributed by atoms with Crippen LogP contribution in [-0.2, 0) is 4.74 Å². The fraction of sp³-hybridized carbons (Fsp3) is 0.192. The average molecular weight is 505 g/mol.